The van der Waals surface area contributed by atoms with Crippen LogP contribution in [-0.4, -0.2) is 37.9 Å². The van der Waals surface area contributed by atoms with Crippen LogP contribution in [0.5, 0.6) is 5.75 Å². The molecular formula is C12H12F3NO3. The van der Waals surface area contributed by atoms with Crippen molar-refractivity contribution in [3.05, 3.63) is 29.8 Å². The quantitative estimate of drug-likeness (QED) is 0.910. The molecule has 0 saturated carbocycles. The van der Waals surface area contributed by atoms with E-state index in [9.17, 15) is 18.0 Å². The molecule has 0 aliphatic carbocycles. The lowest BCUT2D eigenvalue weighted by molar-refractivity contribution is -0.153. The van der Waals surface area contributed by atoms with Gasteiger partial charge in [-0.3, -0.25) is 4.79 Å². The van der Waals surface area contributed by atoms with E-state index >= 15 is 0 Å². The lowest BCUT2D eigenvalue weighted by atomic mass is 10.1. The number of hydrogen-bond donors (Lipinski definition) is 1. The number of amides is 1. The number of ether oxygens (including phenoxy) is 2. The maximum Gasteiger partial charge on any atom is 0.422 e. The molecule has 7 heteroatoms. The van der Waals surface area contributed by atoms with Gasteiger partial charge < -0.3 is 14.8 Å². The van der Waals surface area contributed by atoms with Crippen LogP contribution in [0.15, 0.2) is 24.3 Å². The van der Waals surface area contributed by atoms with Crippen molar-refractivity contribution in [2.45, 2.75) is 12.2 Å². The number of alkyl halides is 3. The van der Waals surface area contributed by atoms with Gasteiger partial charge in [-0.2, -0.15) is 13.2 Å². The first-order chi connectivity index (χ1) is 8.94. The summed E-state index contributed by atoms with van der Waals surface area (Å²) in [7, 11) is 0. The first kappa shape index (κ1) is 13.7. The van der Waals surface area contributed by atoms with E-state index in [2.05, 4.69) is 10.1 Å². The average molecular weight is 275 g/mol. The second-order valence-corrected chi connectivity index (χ2v) is 4.14. The van der Waals surface area contributed by atoms with Crippen LogP contribution in [0, 0.1) is 0 Å². The molecule has 1 heterocycles. The van der Waals surface area contributed by atoms with Gasteiger partial charge in [0.1, 0.15) is 5.75 Å². The smallest absolute Gasteiger partial charge is 0.422 e. The second-order valence-electron chi connectivity index (χ2n) is 4.14. The summed E-state index contributed by atoms with van der Waals surface area (Å²) in [6.45, 7) is -0.472. The number of carbonyl (C=O) groups is 1. The summed E-state index contributed by atoms with van der Waals surface area (Å²) in [6.07, 6.45) is -4.40. The SMILES string of the molecule is O=C(NC1COC1)c1cccc(OCC(F)(F)F)c1. The van der Waals surface area contributed by atoms with E-state index in [0.29, 0.717) is 13.2 Å². The van der Waals surface area contributed by atoms with Gasteiger partial charge >= 0.3 is 6.18 Å². The van der Waals surface area contributed by atoms with Gasteiger partial charge in [0.05, 0.1) is 19.3 Å². The maximum atomic E-state index is 12.0. The predicted molar refractivity (Wildman–Crippen MR) is 60.1 cm³/mol. The Morgan fingerprint density at radius 1 is 1.42 bits per heavy atom. The zero-order valence-electron chi connectivity index (χ0n) is 9.87. The summed E-state index contributed by atoms with van der Waals surface area (Å²) in [4.78, 5) is 11.8. The fourth-order valence-corrected chi connectivity index (χ4v) is 1.48. The highest BCUT2D eigenvalue weighted by atomic mass is 19.4. The van der Waals surface area contributed by atoms with Crippen LogP contribution in [0.4, 0.5) is 13.2 Å². The van der Waals surface area contributed by atoms with E-state index in [4.69, 9.17) is 4.74 Å². The topological polar surface area (TPSA) is 47.6 Å². The molecule has 2 rings (SSSR count). The fraction of sp³-hybridized carbons (Fsp3) is 0.417. The predicted octanol–water partition coefficient (Wildman–Crippen LogP) is 1.76. The number of rotatable bonds is 4. The Bertz CT molecular complexity index is 458. The van der Waals surface area contributed by atoms with Crippen molar-refractivity contribution in [1.29, 1.82) is 0 Å². The lowest BCUT2D eigenvalue weighted by Crippen LogP contribution is -2.48. The monoisotopic (exact) mass is 275 g/mol. The minimum Gasteiger partial charge on any atom is -0.484 e. The van der Waals surface area contributed by atoms with Gasteiger partial charge in [-0.1, -0.05) is 6.07 Å². The molecule has 1 aromatic rings. The molecule has 1 aliphatic rings. The molecule has 0 bridgehead atoms. The van der Waals surface area contributed by atoms with Crippen LogP contribution < -0.4 is 10.1 Å². The summed E-state index contributed by atoms with van der Waals surface area (Å²) in [5.74, 6) is -0.347. The highest BCUT2D eigenvalue weighted by Crippen LogP contribution is 2.19. The molecule has 104 valence electrons. The van der Waals surface area contributed by atoms with Gasteiger partial charge in [0.25, 0.3) is 5.91 Å². The first-order valence-corrected chi connectivity index (χ1v) is 5.62. The molecule has 0 aromatic heterocycles. The Labute approximate surface area is 107 Å². The van der Waals surface area contributed by atoms with Crippen molar-refractivity contribution in [1.82, 2.24) is 5.32 Å². The van der Waals surface area contributed by atoms with Crippen molar-refractivity contribution >= 4 is 5.91 Å². The van der Waals surface area contributed by atoms with Crippen LogP contribution >= 0.6 is 0 Å². The summed E-state index contributed by atoms with van der Waals surface area (Å²) in [5, 5.41) is 2.69. The van der Waals surface area contributed by atoms with Crippen molar-refractivity contribution in [3.63, 3.8) is 0 Å². The minimum atomic E-state index is -4.40. The Morgan fingerprint density at radius 3 is 2.74 bits per heavy atom. The number of halogens is 3. The third-order valence-corrected chi connectivity index (χ3v) is 2.47. The standard InChI is InChI=1S/C12H12F3NO3/c13-12(14,15)7-19-10-3-1-2-8(4-10)11(17)16-9-5-18-6-9/h1-4,9H,5-7H2,(H,16,17). The second kappa shape index (κ2) is 5.48. The molecule has 0 spiro atoms. The zero-order chi connectivity index (χ0) is 13.9. The van der Waals surface area contributed by atoms with E-state index in [0.717, 1.165) is 0 Å². The largest absolute Gasteiger partial charge is 0.484 e. The third-order valence-electron chi connectivity index (χ3n) is 2.47. The van der Waals surface area contributed by atoms with Gasteiger partial charge in [0.2, 0.25) is 0 Å². The summed E-state index contributed by atoms with van der Waals surface area (Å²) >= 11 is 0. The van der Waals surface area contributed by atoms with E-state index in [1.807, 2.05) is 0 Å². The highest BCUT2D eigenvalue weighted by Gasteiger charge is 2.28. The molecule has 1 aliphatic heterocycles. The molecule has 1 N–H and O–H groups in total. The average Bonchev–Trinajstić information content (AvgIpc) is 2.30. The number of carbonyl (C=O) groups excluding carboxylic acids is 1. The van der Waals surface area contributed by atoms with Gasteiger partial charge in [0, 0.05) is 5.56 Å². The molecule has 0 atom stereocenters. The molecule has 1 fully saturated rings. The fourth-order valence-electron chi connectivity index (χ4n) is 1.48. The Morgan fingerprint density at radius 2 is 2.16 bits per heavy atom. The van der Waals surface area contributed by atoms with Crippen LogP contribution in [-0.2, 0) is 4.74 Å². The Hall–Kier alpha value is -1.76. The number of hydrogen-bond acceptors (Lipinski definition) is 3. The van der Waals surface area contributed by atoms with Gasteiger partial charge in [-0.05, 0) is 18.2 Å². The molecule has 0 radical (unpaired) electrons. The molecule has 1 aromatic carbocycles. The zero-order valence-corrected chi connectivity index (χ0v) is 9.87. The third kappa shape index (κ3) is 4.13. The molecular weight excluding hydrogens is 263 g/mol. The van der Waals surface area contributed by atoms with Gasteiger partial charge in [-0.25, -0.2) is 0 Å². The molecule has 0 unspecified atom stereocenters. The summed E-state index contributed by atoms with van der Waals surface area (Å²) in [5.41, 5.74) is 0.256. The lowest BCUT2D eigenvalue weighted by Gasteiger charge is -2.26. The van der Waals surface area contributed by atoms with Crippen LogP contribution in [0.2, 0.25) is 0 Å². The van der Waals surface area contributed by atoms with Crippen LogP contribution in [0.1, 0.15) is 10.4 Å². The van der Waals surface area contributed by atoms with E-state index < -0.39 is 12.8 Å². The van der Waals surface area contributed by atoms with Gasteiger partial charge in [0.15, 0.2) is 6.61 Å². The normalized spacial score (nSPS) is 15.7. The summed E-state index contributed by atoms with van der Waals surface area (Å²) < 4.78 is 45.5. The van der Waals surface area contributed by atoms with E-state index in [1.54, 1.807) is 0 Å². The van der Waals surface area contributed by atoms with Crippen molar-refractivity contribution in [2.75, 3.05) is 19.8 Å². The Kier molecular flexibility index (Phi) is 3.94. The molecule has 1 saturated heterocycles. The molecule has 19 heavy (non-hydrogen) atoms. The van der Waals surface area contributed by atoms with Gasteiger partial charge in [-0.15, -0.1) is 0 Å². The van der Waals surface area contributed by atoms with Crippen molar-refractivity contribution in [2.24, 2.45) is 0 Å². The summed E-state index contributed by atoms with van der Waals surface area (Å²) in [6, 6.07) is 5.59. The highest BCUT2D eigenvalue weighted by molar-refractivity contribution is 5.94. The van der Waals surface area contributed by atoms with Crippen LogP contribution in [0.3, 0.4) is 0 Å². The van der Waals surface area contributed by atoms with Crippen molar-refractivity contribution < 1.29 is 27.4 Å². The number of benzene rings is 1. The van der Waals surface area contributed by atoms with Crippen molar-refractivity contribution in [3.8, 4) is 5.75 Å². The minimum absolute atomic E-state index is 0.00911. The van der Waals surface area contributed by atoms with E-state index in [1.165, 1.54) is 24.3 Å². The Balaban J connectivity index is 1.95. The maximum absolute atomic E-state index is 12.0. The molecule has 4 nitrogen and oxygen atoms in total. The molecule has 1 amide bonds. The van der Waals surface area contributed by atoms with Crippen LogP contribution in [0.25, 0.3) is 0 Å². The number of nitrogens with one attached hydrogen (secondary N) is 1. The first-order valence-electron chi connectivity index (χ1n) is 5.62. The van der Waals surface area contributed by atoms with E-state index in [-0.39, 0.29) is 23.3 Å².